The minimum atomic E-state index is 0.0819. The Morgan fingerprint density at radius 1 is 1.33 bits per heavy atom. The van der Waals surface area contributed by atoms with E-state index in [9.17, 15) is 4.79 Å². The van der Waals surface area contributed by atoms with Crippen molar-refractivity contribution in [3.8, 4) is 0 Å². The number of rotatable bonds is 3. The molecule has 0 radical (unpaired) electrons. The molecule has 0 unspecified atom stereocenters. The maximum Gasteiger partial charge on any atom is 0.261 e. The van der Waals surface area contributed by atoms with E-state index in [0.29, 0.717) is 6.04 Å². The molecule has 112 valence electrons. The standard InChI is InChI=1S/C17H23N3O/c1-13-6-7-15-16(11-13)18-12-20(17(15)21)10-8-14-5-3-4-9-19(14)2/h6-7,11-12,14H,3-5,8-10H2,1-2H3/t14-/m1/s1. The van der Waals surface area contributed by atoms with Gasteiger partial charge in [-0.1, -0.05) is 12.5 Å². The van der Waals surface area contributed by atoms with Crippen molar-refractivity contribution in [2.24, 2.45) is 0 Å². The van der Waals surface area contributed by atoms with Crippen molar-refractivity contribution >= 4 is 10.9 Å². The van der Waals surface area contributed by atoms with Gasteiger partial charge in [0, 0.05) is 12.6 Å². The summed E-state index contributed by atoms with van der Waals surface area (Å²) in [5.74, 6) is 0. The van der Waals surface area contributed by atoms with E-state index < -0.39 is 0 Å². The van der Waals surface area contributed by atoms with Gasteiger partial charge in [0.05, 0.1) is 17.2 Å². The van der Waals surface area contributed by atoms with E-state index in [-0.39, 0.29) is 5.56 Å². The third-order valence-electron chi connectivity index (χ3n) is 4.61. The van der Waals surface area contributed by atoms with Crippen LogP contribution < -0.4 is 5.56 Å². The quantitative estimate of drug-likeness (QED) is 0.870. The summed E-state index contributed by atoms with van der Waals surface area (Å²) in [7, 11) is 2.19. The molecule has 2 aromatic rings. The van der Waals surface area contributed by atoms with Crippen molar-refractivity contribution in [2.45, 2.75) is 45.2 Å². The first-order valence-corrected chi connectivity index (χ1v) is 7.81. The molecule has 1 fully saturated rings. The number of likely N-dealkylation sites (tertiary alicyclic amines) is 1. The van der Waals surface area contributed by atoms with E-state index in [0.717, 1.165) is 29.4 Å². The van der Waals surface area contributed by atoms with E-state index in [2.05, 4.69) is 16.9 Å². The fraction of sp³-hybridized carbons (Fsp3) is 0.529. The van der Waals surface area contributed by atoms with Crippen molar-refractivity contribution in [2.75, 3.05) is 13.6 Å². The van der Waals surface area contributed by atoms with Crippen LogP contribution in [0.25, 0.3) is 10.9 Å². The molecule has 4 nitrogen and oxygen atoms in total. The molecule has 0 bridgehead atoms. The molecule has 1 aromatic heterocycles. The molecule has 2 heterocycles. The summed E-state index contributed by atoms with van der Waals surface area (Å²) in [6.45, 7) is 3.95. The summed E-state index contributed by atoms with van der Waals surface area (Å²) in [6.07, 6.45) is 6.57. The van der Waals surface area contributed by atoms with Gasteiger partial charge in [-0.05, 0) is 57.5 Å². The molecule has 0 aliphatic carbocycles. The Bertz CT molecular complexity index is 692. The number of fused-ring (bicyclic) bond motifs is 1. The van der Waals surface area contributed by atoms with Gasteiger partial charge in [0.1, 0.15) is 0 Å². The minimum Gasteiger partial charge on any atom is -0.303 e. The van der Waals surface area contributed by atoms with Gasteiger partial charge in [-0.25, -0.2) is 4.98 Å². The van der Waals surface area contributed by atoms with E-state index in [4.69, 9.17) is 0 Å². The molecule has 1 atom stereocenters. The van der Waals surface area contributed by atoms with Crippen LogP contribution in [-0.4, -0.2) is 34.1 Å². The van der Waals surface area contributed by atoms with Crippen LogP contribution in [0.5, 0.6) is 0 Å². The average molecular weight is 285 g/mol. The smallest absolute Gasteiger partial charge is 0.261 e. The fourth-order valence-electron chi connectivity index (χ4n) is 3.22. The second-order valence-electron chi connectivity index (χ2n) is 6.18. The number of benzene rings is 1. The first kappa shape index (κ1) is 14.3. The molecule has 1 saturated heterocycles. The monoisotopic (exact) mass is 285 g/mol. The van der Waals surface area contributed by atoms with Crippen LogP contribution in [-0.2, 0) is 6.54 Å². The summed E-state index contributed by atoms with van der Waals surface area (Å²) >= 11 is 0. The number of aryl methyl sites for hydroxylation is 2. The van der Waals surface area contributed by atoms with Crippen LogP contribution >= 0.6 is 0 Å². The fourth-order valence-corrected chi connectivity index (χ4v) is 3.22. The van der Waals surface area contributed by atoms with E-state index in [1.807, 2.05) is 25.1 Å². The third kappa shape index (κ3) is 3.00. The second-order valence-corrected chi connectivity index (χ2v) is 6.18. The number of aromatic nitrogens is 2. The van der Waals surface area contributed by atoms with Gasteiger partial charge in [-0.2, -0.15) is 0 Å². The molecule has 4 heteroatoms. The first-order valence-electron chi connectivity index (χ1n) is 7.81. The molecular weight excluding hydrogens is 262 g/mol. The maximum atomic E-state index is 12.5. The molecule has 3 rings (SSSR count). The second kappa shape index (κ2) is 5.98. The van der Waals surface area contributed by atoms with Crippen LogP contribution in [0.3, 0.4) is 0 Å². The van der Waals surface area contributed by atoms with Crippen LogP contribution in [0.2, 0.25) is 0 Å². The molecule has 21 heavy (non-hydrogen) atoms. The normalized spacial score (nSPS) is 20.0. The number of hydrogen-bond donors (Lipinski definition) is 0. The SMILES string of the molecule is Cc1ccc2c(=O)n(CC[C@H]3CCCCN3C)cnc2c1. The Morgan fingerprint density at radius 3 is 3.00 bits per heavy atom. The lowest BCUT2D eigenvalue weighted by Gasteiger charge is -2.32. The highest BCUT2D eigenvalue weighted by atomic mass is 16.1. The van der Waals surface area contributed by atoms with E-state index in [1.165, 1.54) is 25.8 Å². The van der Waals surface area contributed by atoms with Crippen molar-refractivity contribution in [3.63, 3.8) is 0 Å². The highest BCUT2D eigenvalue weighted by Crippen LogP contribution is 2.18. The first-order chi connectivity index (χ1) is 10.1. The van der Waals surface area contributed by atoms with Crippen molar-refractivity contribution in [3.05, 3.63) is 40.4 Å². The molecule has 1 aliphatic rings. The average Bonchev–Trinajstić information content (AvgIpc) is 2.48. The van der Waals surface area contributed by atoms with Crippen LogP contribution in [0.4, 0.5) is 0 Å². The number of nitrogens with zero attached hydrogens (tertiary/aromatic N) is 3. The zero-order valence-electron chi connectivity index (χ0n) is 12.9. The third-order valence-corrected chi connectivity index (χ3v) is 4.61. The van der Waals surface area contributed by atoms with Crippen LogP contribution in [0.15, 0.2) is 29.3 Å². The zero-order chi connectivity index (χ0) is 14.8. The van der Waals surface area contributed by atoms with Gasteiger partial charge < -0.3 is 4.90 Å². The molecule has 0 amide bonds. The Balaban J connectivity index is 1.79. The topological polar surface area (TPSA) is 38.1 Å². The van der Waals surface area contributed by atoms with Gasteiger partial charge >= 0.3 is 0 Å². The summed E-state index contributed by atoms with van der Waals surface area (Å²) in [6, 6.07) is 6.43. The molecule has 0 spiro atoms. The lowest BCUT2D eigenvalue weighted by molar-refractivity contribution is 0.170. The van der Waals surface area contributed by atoms with Crippen LogP contribution in [0.1, 0.15) is 31.2 Å². The minimum absolute atomic E-state index is 0.0819. The largest absolute Gasteiger partial charge is 0.303 e. The van der Waals surface area contributed by atoms with Crippen molar-refractivity contribution in [1.29, 1.82) is 0 Å². The predicted molar refractivity (Wildman–Crippen MR) is 85.6 cm³/mol. The highest BCUT2D eigenvalue weighted by molar-refractivity contribution is 5.77. The van der Waals surface area contributed by atoms with Crippen LogP contribution in [0, 0.1) is 6.92 Å². The number of hydrogen-bond acceptors (Lipinski definition) is 3. The van der Waals surface area contributed by atoms with Gasteiger partial charge in [0.2, 0.25) is 0 Å². The number of piperidine rings is 1. The summed E-state index contributed by atoms with van der Waals surface area (Å²) < 4.78 is 1.76. The Labute approximate surface area is 125 Å². The van der Waals surface area contributed by atoms with Crippen molar-refractivity contribution in [1.82, 2.24) is 14.5 Å². The van der Waals surface area contributed by atoms with E-state index >= 15 is 0 Å². The van der Waals surface area contributed by atoms with Crippen molar-refractivity contribution < 1.29 is 0 Å². The molecule has 0 N–H and O–H groups in total. The molecule has 0 saturated carbocycles. The molecule has 1 aliphatic heterocycles. The van der Waals surface area contributed by atoms with Gasteiger partial charge in [0.25, 0.3) is 5.56 Å². The van der Waals surface area contributed by atoms with Gasteiger partial charge in [-0.15, -0.1) is 0 Å². The Hall–Kier alpha value is -1.68. The molecule has 1 aromatic carbocycles. The maximum absolute atomic E-state index is 12.5. The summed E-state index contributed by atoms with van der Waals surface area (Å²) in [5.41, 5.74) is 2.01. The van der Waals surface area contributed by atoms with E-state index in [1.54, 1.807) is 10.9 Å². The highest BCUT2D eigenvalue weighted by Gasteiger charge is 2.18. The zero-order valence-corrected chi connectivity index (χ0v) is 12.9. The Kier molecular flexibility index (Phi) is 4.06. The van der Waals surface area contributed by atoms with Gasteiger partial charge in [0.15, 0.2) is 0 Å². The molecular formula is C17H23N3O. The van der Waals surface area contributed by atoms with Gasteiger partial charge in [-0.3, -0.25) is 9.36 Å². The lowest BCUT2D eigenvalue weighted by atomic mass is 10.0. The summed E-state index contributed by atoms with van der Waals surface area (Å²) in [5, 5.41) is 0.722. The predicted octanol–water partition coefficient (Wildman–Crippen LogP) is 2.58. The lowest BCUT2D eigenvalue weighted by Crippen LogP contribution is -2.37. The Morgan fingerprint density at radius 2 is 2.19 bits per heavy atom. The summed E-state index contributed by atoms with van der Waals surface area (Å²) in [4.78, 5) is 19.4.